The van der Waals surface area contributed by atoms with E-state index in [4.69, 9.17) is 0 Å². The van der Waals surface area contributed by atoms with E-state index in [1.807, 2.05) is 35.2 Å². The molecular weight excluding hydrogens is 243 g/mol. The van der Waals surface area contributed by atoms with Gasteiger partial charge in [0.2, 0.25) is 5.78 Å². The molecule has 18 heavy (non-hydrogen) atoms. The van der Waals surface area contributed by atoms with Gasteiger partial charge in [-0.2, -0.15) is 13.2 Å². The summed E-state index contributed by atoms with van der Waals surface area (Å²) in [4.78, 5) is 13.1. The zero-order valence-corrected chi connectivity index (χ0v) is 9.78. The van der Waals surface area contributed by atoms with E-state index in [1.165, 1.54) is 0 Å². The molecule has 1 heterocycles. The van der Waals surface area contributed by atoms with Gasteiger partial charge < -0.3 is 4.90 Å². The molecule has 2 rings (SSSR count). The summed E-state index contributed by atoms with van der Waals surface area (Å²) in [6.45, 7) is 0.993. The van der Waals surface area contributed by atoms with E-state index in [-0.39, 0.29) is 12.8 Å². The molecule has 0 radical (unpaired) electrons. The summed E-state index contributed by atoms with van der Waals surface area (Å²) in [6.07, 6.45) is -4.15. The van der Waals surface area contributed by atoms with Gasteiger partial charge in [-0.05, 0) is 25.0 Å². The number of anilines is 1. The predicted octanol–water partition coefficient (Wildman–Crippen LogP) is 3.03. The van der Waals surface area contributed by atoms with Gasteiger partial charge in [0.15, 0.2) is 0 Å². The molecule has 1 aliphatic heterocycles. The fourth-order valence-corrected chi connectivity index (χ4v) is 2.27. The number of hydrogen-bond donors (Lipinski definition) is 0. The van der Waals surface area contributed by atoms with E-state index in [0.29, 0.717) is 13.1 Å². The van der Waals surface area contributed by atoms with Gasteiger partial charge in [0.05, 0.1) is 0 Å². The molecule has 0 amide bonds. The highest BCUT2D eigenvalue weighted by Crippen LogP contribution is 2.29. The van der Waals surface area contributed by atoms with Crippen LogP contribution in [0.4, 0.5) is 18.9 Å². The summed E-state index contributed by atoms with van der Waals surface area (Å²) in [7, 11) is 0. The summed E-state index contributed by atoms with van der Waals surface area (Å²) < 4.78 is 36.9. The maximum Gasteiger partial charge on any atom is 0.450 e. The zero-order chi connectivity index (χ0) is 13.2. The Bertz CT molecular complexity index is 408. The summed E-state index contributed by atoms with van der Waals surface area (Å²) >= 11 is 0. The molecule has 2 nitrogen and oxygen atoms in total. The fraction of sp³-hybridized carbons (Fsp3) is 0.462. The number of carbonyl (C=O) groups is 1. The SMILES string of the molecule is O=C(C1CCN(c2ccccc2)CC1)C(F)(F)F. The average Bonchev–Trinajstić information content (AvgIpc) is 2.38. The second-order valence-corrected chi connectivity index (χ2v) is 4.46. The lowest BCUT2D eigenvalue weighted by atomic mass is 9.92. The topological polar surface area (TPSA) is 20.3 Å². The molecule has 1 aromatic rings. The highest BCUT2D eigenvalue weighted by Gasteiger charge is 2.43. The van der Waals surface area contributed by atoms with Gasteiger partial charge in [0, 0.05) is 24.7 Å². The van der Waals surface area contributed by atoms with Gasteiger partial charge in [0.1, 0.15) is 0 Å². The van der Waals surface area contributed by atoms with Crippen LogP contribution in [0.2, 0.25) is 0 Å². The second kappa shape index (κ2) is 5.00. The quantitative estimate of drug-likeness (QED) is 0.811. The molecule has 1 aromatic carbocycles. The molecule has 0 unspecified atom stereocenters. The number of Topliss-reactive ketones (excluding diaryl/α,β-unsaturated/α-hetero) is 1. The lowest BCUT2D eigenvalue weighted by Gasteiger charge is -2.33. The summed E-state index contributed by atoms with van der Waals surface area (Å²) in [5.74, 6) is -2.44. The number of rotatable bonds is 2. The van der Waals surface area contributed by atoms with Gasteiger partial charge >= 0.3 is 6.18 Å². The molecule has 0 atom stereocenters. The lowest BCUT2D eigenvalue weighted by Crippen LogP contribution is -2.40. The van der Waals surface area contributed by atoms with E-state index in [2.05, 4.69) is 0 Å². The number of nitrogens with zero attached hydrogens (tertiary/aromatic N) is 1. The largest absolute Gasteiger partial charge is 0.450 e. The number of carbonyl (C=O) groups excluding carboxylic acids is 1. The molecule has 1 saturated heterocycles. The van der Waals surface area contributed by atoms with Crippen molar-refractivity contribution >= 4 is 11.5 Å². The Balaban J connectivity index is 1.95. The minimum absolute atomic E-state index is 0.271. The van der Waals surface area contributed by atoms with Crippen molar-refractivity contribution in [1.82, 2.24) is 0 Å². The predicted molar refractivity (Wildman–Crippen MR) is 62.4 cm³/mol. The van der Waals surface area contributed by atoms with Crippen molar-refractivity contribution in [3.05, 3.63) is 30.3 Å². The van der Waals surface area contributed by atoms with Crippen LogP contribution in [0.15, 0.2) is 30.3 Å². The summed E-state index contributed by atoms with van der Waals surface area (Å²) in [5.41, 5.74) is 0.996. The van der Waals surface area contributed by atoms with Crippen molar-refractivity contribution in [2.24, 2.45) is 5.92 Å². The van der Waals surface area contributed by atoms with Crippen LogP contribution in [0.1, 0.15) is 12.8 Å². The van der Waals surface area contributed by atoms with Crippen molar-refractivity contribution in [2.75, 3.05) is 18.0 Å². The van der Waals surface area contributed by atoms with E-state index in [1.54, 1.807) is 0 Å². The molecule has 0 saturated carbocycles. The Hall–Kier alpha value is -1.52. The molecule has 1 fully saturated rings. The maximum atomic E-state index is 12.3. The number of ketones is 1. The zero-order valence-electron chi connectivity index (χ0n) is 9.78. The first-order valence-electron chi connectivity index (χ1n) is 5.89. The van der Waals surface area contributed by atoms with Gasteiger partial charge in [0.25, 0.3) is 0 Å². The van der Waals surface area contributed by atoms with Crippen LogP contribution >= 0.6 is 0 Å². The highest BCUT2D eigenvalue weighted by atomic mass is 19.4. The van der Waals surface area contributed by atoms with Crippen molar-refractivity contribution in [2.45, 2.75) is 19.0 Å². The number of para-hydroxylation sites is 1. The van der Waals surface area contributed by atoms with Crippen LogP contribution in [0.5, 0.6) is 0 Å². The normalized spacial score (nSPS) is 17.8. The third-order valence-electron chi connectivity index (χ3n) is 3.27. The van der Waals surface area contributed by atoms with Gasteiger partial charge in [-0.3, -0.25) is 4.79 Å². The highest BCUT2D eigenvalue weighted by molar-refractivity contribution is 5.86. The standard InChI is InChI=1S/C13H14F3NO/c14-13(15,16)12(18)10-6-8-17(9-7-10)11-4-2-1-3-5-11/h1-5,10H,6-9H2. The van der Waals surface area contributed by atoms with Crippen LogP contribution in [0, 0.1) is 5.92 Å². The molecule has 0 spiro atoms. The number of benzene rings is 1. The number of hydrogen-bond acceptors (Lipinski definition) is 2. The smallest absolute Gasteiger partial charge is 0.371 e. The van der Waals surface area contributed by atoms with Crippen LogP contribution < -0.4 is 4.90 Å². The monoisotopic (exact) mass is 257 g/mol. The molecule has 1 aliphatic rings. The van der Waals surface area contributed by atoms with Crippen LogP contribution in [-0.2, 0) is 4.79 Å². The third-order valence-corrected chi connectivity index (χ3v) is 3.27. The first-order chi connectivity index (χ1) is 8.48. The Morgan fingerprint density at radius 3 is 2.17 bits per heavy atom. The van der Waals surface area contributed by atoms with E-state index in [0.717, 1.165) is 5.69 Å². The Morgan fingerprint density at radius 2 is 1.67 bits per heavy atom. The summed E-state index contributed by atoms with van der Waals surface area (Å²) in [5, 5.41) is 0. The molecule has 98 valence electrons. The molecule has 0 aromatic heterocycles. The van der Waals surface area contributed by atoms with Crippen LogP contribution in [-0.4, -0.2) is 25.0 Å². The van der Waals surface area contributed by atoms with Gasteiger partial charge in [-0.25, -0.2) is 0 Å². The number of halogens is 3. The van der Waals surface area contributed by atoms with Crippen molar-refractivity contribution in [3.8, 4) is 0 Å². The van der Waals surface area contributed by atoms with Crippen LogP contribution in [0.25, 0.3) is 0 Å². The lowest BCUT2D eigenvalue weighted by molar-refractivity contribution is -0.176. The first-order valence-corrected chi connectivity index (χ1v) is 5.89. The summed E-state index contributed by atoms with van der Waals surface area (Å²) in [6, 6.07) is 9.52. The van der Waals surface area contributed by atoms with Crippen molar-refractivity contribution in [3.63, 3.8) is 0 Å². The minimum Gasteiger partial charge on any atom is -0.371 e. The maximum absolute atomic E-state index is 12.3. The Morgan fingerprint density at radius 1 is 1.11 bits per heavy atom. The number of alkyl halides is 3. The van der Waals surface area contributed by atoms with E-state index >= 15 is 0 Å². The molecule has 0 N–H and O–H groups in total. The average molecular weight is 257 g/mol. The van der Waals surface area contributed by atoms with E-state index in [9.17, 15) is 18.0 Å². The third kappa shape index (κ3) is 2.83. The van der Waals surface area contributed by atoms with Crippen LogP contribution in [0.3, 0.4) is 0 Å². The molecule has 0 bridgehead atoms. The Labute approximate surface area is 103 Å². The van der Waals surface area contributed by atoms with Crippen molar-refractivity contribution in [1.29, 1.82) is 0 Å². The first kappa shape index (κ1) is 12.9. The molecule has 5 heteroatoms. The fourth-order valence-electron chi connectivity index (χ4n) is 2.27. The van der Waals surface area contributed by atoms with Gasteiger partial charge in [-0.1, -0.05) is 18.2 Å². The number of piperidine rings is 1. The molecular formula is C13H14F3NO. The Kier molecular flexibility index (Phi) is 3.59. The second-order valence-electron chi connectivity index (χ2n) is 4.46. The van der Waals surface area contributed by atoms with Crippen molar-refractivity contribution < 1.29 is 18.0 Å². The minimum atomic E-state index is -4.69. The molecule has 0 aliphatic carbocycles. The van der Waals surface area contributed by atoms with Gasteiger partial charge in [-0.15, -0.1) is 0 Å². The van der Waals surface area contributed by atoms with E-state index < -0.39 is 17.9 Å².